The summed E-state index contributed by atoms with van der Waals surface area (Å²) in [4.78, 5) is 36.3. The van der Waals surface area contributed by atoms with Crippen LogP contribution < -0.4 is 15.5 Å². The van der Waals surface area contributed by atoms with Crippen LogP contribution in [0.5, 0.6) is 0 Å². The van der Waals surface area contributed by atoms with Gasteiger partial charge in [-0.3, -0.25) is 14.5 Å². The molecule has 9 heteroatoms. The maximum atomic E-state index is 14.8. The standard InChI is InChI=1S/C19H22FN3O5/c1-11(25)22-8-13-9-23(19(27)28-13)12-4-5-14(16(20)7-12)15-3-2-6-21-18(15)17(26)10-24/h3-5,7,13,18,21,24H,2,6,8-10H2,1H3,(H,22,25)/t13-,18?/m0/s1. The number of anilines is 1. The van der Waals surface area contributed by atoms with Gasteiger partial charge in [0, 0.05) is 12.5 Å². The molecule has 0 radical (unpaired) electrons. The van der Waals surface area contributed by atoms with Gasteiger partial charge in [-0.25, -0.2) is 9.18 Å². The van der Waals surface area contributed by atoms with E-state index in [-0.39, 0.29) is 24.6 Å². The molecule has 1 aromatic rings. The third-order valence-corrected chi connectivity index (χ3v) is 4.67. The fourth-order valence-corrected chi connectivity index (χ4v) is 3.33. The second-order valence-electron chi connectivity index (χ2n) is 6.68. The number of cyclic esters (lactones) is 1. The van der Waals surface area contributed by atoms with Gasteiger partial charge in [0.1, 0.15) is 18.5 Å². The second-order valence-corrected chi connectivity index (χ2v) is 6.68. The predicted octanol–water partition coefficient (Wildman–Crippen LogP) is 0.594. The smallest absolute Gasteiger partial charge is 0.414 e. The zero-order valence-electron chi connectivity index (χ0n) is 15.4. The lowest BCUT2D eigenvalue weighted by atomic mass is 9.91. The molecule has 1 saturated heterocycles. The Morgan fingerprint density at radius 1 is 1.43 bits per heavy atom. The molecule has 2 aliphatic heterocycles. The van der Waals surface area contributed by atoms with Gasteiger partial charge in [-0.15, -0.1) is 0 Å². The maximum Gasteiger partial charge on any atom is 0.414 e. The van der Waals surface area contributed by atoms with Crippen molar-refractivity contribution in [1.29, 1.82) is 0 Å². The topological polar surface area (TPSA) is 108 Å². The van der Waals surface area contributed by atoms with Gasteiger partial charge in [0.2, 0.25) is 5.91 Å². The van der Waals surface area contributed by atoms with E-state index in [0.29, 0.717) is 24.2 Å². The molecule has 1 fully saturated rings. The van der Waals surface area contributed by atoms with Crippen LogP contribution in [0, 0.1) is 5.82 Å². The van der Waals surface area contributed by atoms with E-state index in [1.807, 2.05) is 0 Å². The van der Waals surface area contributed by atoms with Gasteiger partial charge >= 0.3 is 6.09 Å². The number of carbonyl (C=O) groups excluding carboxylic acids is 3. The normalized spacial score (nSPS) is 21.9. The van der Waals surface area contributed by atoms with E-state index in [1.54, 1.807) is 12.1 Å². The molecule has 2 atom stereocenters. The van der Waals surface area contributed by atoms with Gasteiger partial charge in [-0.2, -0.15) is 0 Å². The van der Waals surface area contributed by atoms with Crippen LogP contribution in [0.15, 0.2) is 24.3 Å². The Balaban J connectivity index is 1.79. The number of ether oxygens (including phenoxy) is 1. The van der Waals surface area contributed by atoms with Crippen LogP contribution in [0.1, 0.15) is 18.9 Å². The molecule has 3 N–H and O–H groups in total. The Kier molecular flexibility index (Phi) is 6.05. The highest BCUT2D eigenvalue weighted by atomic mass is 19.1. The van der Waals surface area contributed by atoms with Crippen molar-refractivity contribution in [2.24, 2.45) is 0 Å². The largest absolute Gasteiger partial charge is 0.442 e. The van der Waals surface area contributed by atoms with Crippen molar-refractivity contribution in [2.45, 2.75) is 25.5 Å². The van der Waals surface area contributed by atoms with Gasteiger partial charge in [-0.1, -0.05) is 6.08 Å². The molecule has 2 amide bonds. The van der Waals surface area contributed by atoms with Gasteiger partial charge < -0.3 is 20.5 Å². The summed E-state index contributed by atoms with van der Waals surface area (Å²) in [6.45, 7) is 1.67. The van der Waals surface area contributed by atoms with E-state index in [1.165, 1.54) is 24.0 Å². The summed E-state index contributed by atoms with van der Waals surface area (Å²) < 4.78 is 20.0. The van der Waals surface area contributed by atoms with Crippen LogP contribution in [0.2, 0.25) is 0 Å². The Hall–Kier alpha value is -2.78. The van der Waals surface area contributed by atoms with E-state index < -0.39 is 36.4 Å². The summed E-state index contributed by atoms with van der Waals surface area (Å²) in [6, 6.07) is 3.54. The van der Waals surface area contributed by atoms with Crippen LogP contribution in [-0.4, -0.2) is 61.3 Å². The zero-order valence-corrected chi connectivity index (χ0v) is 15.4. The van der Waals surface area contributed by atoms with E-state index in [4.69, 9.17) is 9.84 Å². The van der Waals surface area contributed by atoms with Gasteiger partial charge in [-0.05, 0) is 36.7 Å². The molecule has 0 bridgehead atoms. The Labute approximate surface area is 161 Å². The Morgan fingerprint density at radius 3 is 2.89 bits per heavy atom. The highest BCUT2D eigenvalue weighted by molar-refractivity contribution is 5.98. The third kappa shape index (κ3) is 4.20. The van der Waals surface area contributed by atoms with Gasteiger partial charge in [0.05, 0.1) is 24.8 Å². The monoisotopic (exact) mass is 391 g/mol. The number of nitrogens with zero attached hydrogens (tertiary/aromatic N) is 1. The third-order valence-electron chi connectivity index (χ3n) is 4.67. The number of rotatable bonds is 6. The van der Waals surface area contributed by atoms with Crippen molar-refractivity contribution < 1.29 is 28.6 Å². The number of nitrogens with one attached hydrogen (secondary N) is 2. The summed E-state index contributed by atoms with van der Waals surface area (Å²) >= 11 is 0. The number of Topliss-reactive ketones (excluding diaryl/α,β-unsaturated/α-hetero) is 1. The molecule has 0 spiro atoms. The van der Waals surface area contributed by atoms with Gasteiger partial charge in [0.15, 0.2) is 5.78 Å². The summed E-state index contributed by atoms with van der Waals surface area (Å²) in [7, 11) is 0. The number of aliphatic hydroxyl groups excluding tert-OH is 1. The number of halogens is 1. The summed E-state index contributed by atoms with van der Waals surface area (Å²) in [5.41, 5.74) is 1.04. The molecule has 3 rings (SSSR count). The van der Waals surface area contributed by atoms with E-state index in [9.17, 15) is 18.8 Å². The maximum absolute atomic E-state index is 14.8. The predicted molar refractivity (Wildman–Crippen MR) is 99.2 cm³/mol. The molecular formula is C19H22FN3O5. The zero-order chi connectivity index (χ0) is 20.3. The van der Waals surface area contributed by atoms with E-state index in [0.717, 1.165) is 0 Å². The fourth-order valence-electron chi connectivity index (χ4n) is 3.33. The summed E-state index contributed by atoms with van der Waals surface area (Å²) in [5.74, 6) is -1.24. The molecule has 0 aromatic heterocycles. The average molecular weight is 391 g/mol. The van der Waals surface area contributed by atoms with Crippen molar-refractivity contribution in [3.63, 3.8) is 0 Å². The van der Waals surface area contributed by atoms with E-state index in [2.05, 4.69) is 10.6 Å². The highest BCUT2D eigenvalue weighted by Crippen LogP contribution is 2.30. The molecule has 1 unspecified atom stereocenters. The van der Waals surface area contributed by atoms with Crippen LogP contribution in [0.25, 0.3) is 5.57 Å². The number of hydrogen-bond donors (Lipinski definition) is 3. The number of amides is 2. The Bertz CT molecular complexity index is 826. The summed E-state index contributed by atoms with van der Waals surface area (Å²) in [6.07, 6.45) is 1.28. The van der Waals surface area contributed by atoms with Crippen molar-refractivity contribution in [2.75, 3.05) is 31.1 Å². The van der Waals surface area contributed by atoms with Crippen LogP contribution >= 0.6 is 0 Å². The van der Waals surface area contributed by atoms with Gasteiger partial charge in [0.25, 0.3) is 0 Å². The minimum Gasteiger partial charge on any atom is -0.442 e. The first-order valence-corrected chi connectivity index (χ1v) is 9.00. The van der Waals surface area contributed by atoms with Crippen molar-refractivity contribution in [1.82, 2.24) is 10.6 Å². The molecule has 0 saturated carbocycles. The lowest BCUT2D eigenvalue weighted by Crippen LogP contribution is -2.42. The number of ketones is 1. The first-order valence-electron chi connectivity index (χ1n) is 9.00. The molecule has 150 valence electrons. The van der Waals surface area contributed by atoms with E-state index >= 15 is 0 Å². The van der Waals surface area contributed by atoms with Crippen molar-refractivity contribution in [3.8, 4) is 0 Å². The SMILES string of the molecule is CC(=O)NC[C@H]1CN(c2ccc(C3=CCCNC3C(=O)CO)c(F)c2)C(=O)O1. The lowest BCUT2D eigenvalue weighted by molar-refractivity contribution is -0.122. The fraction of sp³-hybridized carbons (Fsp3) is 0.421. The second kappa shape index (κ2) is 8.49. The summed E-state index contributed by atoms with van der Waals surface area (Å²) in [5, 5.41) is 14.7. The first-order chi connectivity index (χ1) is 13.4. The molecule has 0 aliphatic carbocycles. The molecule has 1 aromatic carbocycles. The molecule has 28 heavy (non-hydrogen) atoms. The van der Waals surface area contributed by atoms with Crippen LogP contribution in [0.4, 0.5) is 14.9 Å². The Morgan fingerprint density at radius 2 is 2.21 bits per heavy atom. The minimum atomic E-state index is -0.766. The number of hydrogen-bond acceptors (Lipinski definition) is 6. The lowest BCUT2D eigenvalue weighted by Gasteiger charge is -2.25. The van der Waals surface area contributed by atoms with Crippen LogP contribution in [0.3, 0.4) is 0 Å². The molecular weight excluding hydrogens is 369 g/mol. The molecule has 2 heterocycles. The quantitative estimate of drug-likeness (QED) is 0.655. The number of aliphatic hydroxyl groups is 1. The molecule has 8 nitrogen and oxygen atoms in total. The number of benzene rings is 1. The number of carbonyl (C=O) groups is 3. The van der Waals surface area contributed by atoms with Crippen molar-refractivity contribution in [3.05, 3.63) is 35.7 Å². The molecule has 2 aliphatic rings. The highest BCUT2D eigenvalue weighted by Gasteiger charge is 2.33. The average Bonchev–Trinajstić information content (AvgIpc) is 3.06. The minimum absolute atomic E-state index is 0.182. The van der Waals surface area contributed by atoms with Crippen molar-refractivity contribution >= 4 is 29.0 Å². The van der Waals surface area contributed by atoms with Crippen LogP contribution in [-0.2, 0) is 14.3 Å². The first kappa shape index (κ1) is 20.0.